The number of carbonyl (C=O) groups excluding carboxylic acids is 2. The largest absolute Gasteiger partial charge is 0.368 e. The van der Waals surface area contributed by atoms with Crippen molar-refractivity contribution in [1.82, 2.24) is 4.90 Å². The topological polar surface area (TPSA) is 101 Å². The first kappa shape index (κ1) is 19.4. The lowest BCUT2D eigenvalue weighted by Gasteiger charge is -2.29. The molecule has 2 aliphatic heterocycles. The van der Waals surface area contributed by atoms with Crippen LogP contribution in [0.15, 0.2) is 53.4 Å². The van der Waals surface area contributed by atoms with Crippen molar-refractivity contribution >= 4 is 27.5 Å². The van der Waals surface area contributed by atoms with Crippen LogP contribution in [-0.4, -0.2) is 50.1 Å². The lowest BCUT2D eigenvalue weighted by molar-refractivity contribution is -0.119. The van der Waals surface area contributed by atoms with E-state index in [0.717, 1.165) is 12.8 Å². The van der Waals surface area contributed by atoms with Gasteiger partial charge in [0.05, 0.1) is 10.9 Å². The number of primary amides is 1. The molecule has 2 aliphatic rings. The fourth-order valence-corrected chi connectivity index (χ4v) is 5.07. The van der Waals surface area contributed by atoms with Gasteiger partial charge in [0.1, 0.15) is 6.04 Å². The number of sulfone groups is 1. The highest BCUT2D eigenvalue weighted by Crippen LogP contribution is 2.35. The van der Waals surface area contributed by atoms with E-state index in [2.05, 4.69) is 0 Å². The number of nitrogens with two attached hydrogens (primary N) is 1. The van der Waals surface area contributed by atoms with Gasteiger partial charge in [-0.25, -0.2) is 13.2 Å². The van der Waals surface area contributed by atoms with Crippen molar-refractivity contribution in [3.05, 3.63) is 55.0 Å². The molecule has 0 aliphatic carbocycles. The van der Waals surface area contributed by atoms with Crippen molar-refractivity contribution in [3.63, 3.8) is 0 Å². The molecule has 2 aromatic rings. The molecule has 151 valence electrons. The fourth-order valence-electron chi connectivity index (χ4n) is 4.16. The van der Waals surface area contributed by atoms with Crippen LogP contribution in [0.5, 0.6) is 0 Å². The summed E-state index contributed by atoms with van der Waals surface area (Å²) in [5, 5.41) is 0. The first-order chi connectivity index (χ1) is 13.8. The third-order valence-corrected chi connectivity index (χ3v) is 6.61. The monoisotopic (exact) mass is 412 g/mol. The summed E-state index contributed by atoms with van der Waals surface area (Å²) >= 11 is 0. The van der Waals surface area contributed by atoms with Gasteiger partial charge in [-0.05, 0) is 43.0 Å². The van der Waals surface area contributed by atoms with Gasteiger partial charge < -0.3 is 10.6 Å². The number of carbonyl (C=O) groups is 2. The minimum absolute atomic E-state index is 0.237. The smallest absolute Gasteiger partial charge is 0.325 e. The molecule has 0 bridgehead atoms. The van der Waals surface area contributed by atoms with Crippen LogP contribution in [0.25, 0.3) is 11.1 Å². The van der Waals surface area contributed by atoms with Gasteiger partial charge in [-0.1, -0.05) is 30.3 Å². The fraction of sp³-hybridized carbons (Fsp3) is 0.286. The summed E-state index contributed by atoms with van der Waals surface area (Å²) in [7, 11) is -3.39. The molecule has 29 heavy (non-hydrogen) atoms. The van der Waals surface area contributed by atoms with E-state index in [4.69, 9.17) is 5.73 Å². The van der Waals surface area contributed by atoms with E-state index in [1.54, 1.807) is 53.4 Å². The van der Waals surface area contributed by atoms with Crippen molar-refractivity contribution < 1.29 is 18.0 Å². The summed E-state index contributed by atoms with van der Waals surface area (Å²) in [6.07, 6.45) is 4.86. The van der Waals surface area contributed by atoms with Gasteiger partial charge in [0.2, 0.25) is 5.91 Å². The van der Waals surface area contributed by atoms with E-state index in [-0.39, 0.29) is 17.0 Å². The quantitative estimate of drug-likeness (QED) is 0.832. The zero-order valence-electron chi connectivity index (χ0n) is 16.0. The van der Waals surface area contributed by atoms with Crippen LogP contribution in [0, 0.1) is 6.42 Å². The second kappa shape index (κ2) is 7.18. The summed E-state index contributed by atoms with van der Waals surface area (Å²) in [4.78, 5) is 28.5. The summed E-state index contributed by atoms with van der Waals surface area (Å²) in [6, 6.07) is 12.4. The van der Waals surface area contributed by atoms with E-state index in [0.29, 0.717) is 23.4 Å². The van der Waals surface area contributed by atoms with Crippen molar-refractivity contribution in [3.8, 4) is 11.1 Å². The Morgan fingerprint density at radius 2 is 1.79 bits per heavy atom. The Morgan fingerprint density at radius 3 is 2.45 bits per heavy atom. The number of hydrogen-bond donors (Lipinski definition) is 1. The first-order valence-electron chi connectivity index (χ1n) is 9.41. The number of piperidine rings is 1. The molecule has 0 spiro atoms. The van der Waals surface area contributed by atoms with Crippen molar-refractivity contribution in [2.24, 2.45) is 5.73 Å². The Morgan fingerprint density at radius 1 is 1.10 bits per heavy atom. The van der Waals surface area contributed by atoms with Crippen molar-refractivity contribution in [2.75, 3.05) is 17.7 Å². The number of hydrogen-bond acceptors (Lipinski definition) is 4. The Kier molecular flexibility index (Phi) is 4.82. The first-order valence-corrected chi connectivity index (χ1v) is 11.3. The summed E-state index contributed by atoms with van der Waals surface area (Å²) < 4.78 is 24.2. The van der Waals surface area contributed by atoms with Crippen LogP contribution >= 0.6 is 0 Å². The van der Waals surface area contributed by atoms with Gasteiger partial charge in [-0.2, -0.15) is 0 Å². The summed E-state index contributed by atoms with van der Waals surface area (Å²) in [5.41, 5.74) is 7.49. The van der Waals surface area contributed by atoms with Crippen molar-refractivity contribution in [2.45, 2.75) is 29.8 Å². The second-order valence-electron chi connectivity index (χ2n) is 7.38. The minimum atomic E-state index is -3.39. The summed E-state index contributed by atoms with van der Waals surface area (Å²) in [6.45, 7) is 0.597. The third kappa shape index (κ3) is 3.37. The van der Waals surface area contributed by atoms with Crippen LogP contribution in [0.2, 0.25) is 0 Å². The van der Waals surface area contributed by atoms with E-state index >= 15 is 0 Å². The lowest BCUT2D eigenvalue weighted by atomic mass is 9.97. The van der Waals surface area contributed by atoms with Gasteiger partial charge >= 0.3 is 6.03 Å². The van der Waals surface area contributed by atoms with E-state index in [1.165, 1.54) is 11.2 Å². The van der Waals surface area contributed by atoms with Gasteiger partial charge in [0.25, 0.3) is 0 Å². The molecule has 2 fully saturated rings. The molecule has 0 saturated carbocycles. The number of anilines is 1. The van der Waals surface area contributed by atoms with Gasteiger partial charge in [-0.15, -0.1) is 0 Å². The standard InChI is InChI=1S/C21H22N3O4S/c1-29(27,28)18-8-3-2-6-16(18)14-9-11-15(12-10-14)24-19(20(22)25)17-7-4-5-13-23(17)21(24)26/h2-3,6-12,17,19H,4-5,13H2,1H3,(H2,22,25)/t17-,19?/m1/s1. The molecular weight excluding hydrogens is 390 g/mol. The van der Waals surface area contributed by atoms with E-state index in [9.17, 15) is 18.0 Å². The zero-order valence-corrected chi connectivity index (χ0v) is 16.8. The number of rotatable bonds is 4. The number of fused-ring (bicyclic) bond motifs is 1. The number of nitrogens with zero attached hydrogens (tertiary/aromatic N) is 2. The molecule has 2 aromatic carbocycles. The molecule has 7 nitrogen and oxygen atoms in total. The maximum absolute atomic E-state index is 12.9. The molecule has 2 heterocycles. The number of amides is 3. The Labute approximate surface area is 170 Å². The molecular formula is C21H22N3O4S. The maximum Gasteiger partial charge on any atom is 0.325 e. The SMILES string of the molecule is CS(=O)(=O)c1ccccc1-c1ccc(N2C(=O)N3CCC[CH][C@@H]3C2C(N)=O)cc1. The maximum atomic E-state index is 12.9. The highest BCUT2D eigenvalue weighted by atomic mass is 32.2. The molecule has 1 unspecified atom stereocenters. The normalized spacial score (nSPS) is 21.9. The lowest BCUT2D eigenvalue weighted by Crippen LogP contribution is -2.48. The van der Waals surface area contributed by atoms with Crippen LogP contribution < -0.4 is 10.6 Å². The molecule has 2 atom stereocenters. The number of benzene rings is 2. The van der Waals surface area contributed by atoms with E-state index < -0.39 is 21.8 Å². The Hall–Kier alpha value is -2.87. The number of urea groups is 1. The highest BCUT2D eigenvalue weighted by molar-refractivity contribution is 7.90. The molecule has 2 saturated heterocycles. The van der Waals surface area contributed by atoms with Crippen LogP contribution in [0.4, 0.5) is 10.5 Å². The zero-order chi connectivity index (χ0) is 20.8. The van der Waals surface area contributed by atoms with E-state index in [1.807, 2.05) is 6.42 Å². The predicted molar refractivity (Wildman–Crippen MR) is 110 cm³/mol. The molecule has 2 N–H and O–H groups in total. The molecule has 0 aromatic heterocycles. The average molecular weight is 412 g/mol. The van der Waals surface area contributed by atoms with Gasteiger partial charge in [0.15, 0.2) is 9.84 Å². The van der Waals surface area contributed by atoms with Gasteiger partial charge in [0, 0.05) is 24.1 Å². The molecule has 3 amide bonds. The molecule has 4 rings (SSSR count). The highest BCUT2D eigenvalue weighted by Gasteiger charge is 2.50. The van der Waals surface area contributed by atoms with Crippen LogP contribution in [0.1, 0.15) is 12.8 Å². The van der Waals surface area contributed by atoms with Crippen LogP contribution in [-0.2, 0) is 14.6 Å². The molecule has 8 heteroatoms. The van der Waals surface area contributed by atoms with Gasteiger partial charge in [-0.3, -0.25) is 9.69 Å². The Bertz CT molecular complexity index is 1070. The molecule has 1 radical (unpaired) electrons. The summed E-state index contributed by atoms with van der Waals surface area (Å²) in [5.74, 6) is -0.546. The van der Waals surface area contributed by atoms with Crippen molar-refractivity contribution in [1.29, 1.82) is 0 Å². The minimum Gasteiger partial charge on any atom is -0.368 e. The van der Waals surface area contributed by atoms with Crippen LogP contribution in [0.3, 0.4) is 0 Å². The third-order valence-electron chi connectivity index (χ3n) is 5.46. The second-order valence-corrected chi connectivity index (χ2v) is 9.36. The predicted octanol–water partition coefficient (Wildman–Crippen LogP) is 2.22. The Balaban J connectivity index is 1.71. The average Bonchev–Trinajstić information content (AvgIpc) is 3.00.